The molecule has 3 nitrogen and oxygen atoms in total. The number of aromatic nitrogens is 1. The summed E-state index contributed by atoms with van der Waals surface area (Å²) < 4.78 is 8.79. The van der Waals surface area contributed by atoms with E-state index >= 15 is 0 Å². The molecule has 4 rings (SSSR count). The van der Waals surface area contributed by atoms with Crippen LogP contribution in [0.4, 0.5) is 0 Å². The van der Waals surface area contributed by atoms with E-state index in [1.54, 1.807) is 0 Å². The van der Waals surface area contributed by atoms with Crippen LogP contribution in [0.15, 0.2) is 48.8 Å². The maximum absolute atomic E-state index is 6.47. The van der Waals surface area contributed by atoms with E-state index < -0.39 is 0 Å². The van der Waals surface area contributed by atoms with Crippen LogP contribution in [-0.2, 0) is 0 Å². The highest BCUT2D eigenvalue weighted by Gasteiger charge is 2.50. The number of para-hydroxylation sites is 1. The molecule has 0 radical (unpaired) electrons. The van der Waals surface area contributed by atoms with Crippen molar-refractivity contribution in [2.24, 2.45) is 0 Å². The predicted molar refractivity (Wildman–Crippen MR) is 79.1 cm³/mol. The summed E-state index contributed by atoms with van der Waals surface area (Å²) in [4.78, 5) is 2.39. The van der Waals surface area contributed by atoms with Crippen molar-refractivity contribution in [1.82, 2.24) is 9.47 Å². The van der Waals surface area contributed by atoms with Crippen LogP contribution < -0.4 is 4.74 Å². The molecule has 2 aliphatic rings. The quantitative estimate of drug-likeness (QED) is 0.791. The van der Waals surface area contributed by atoms with Crippen LogP contribution in [0, 0.1) is 0 Å². The Morgan fingerprint density at radius 3 is 2.50 bits per heavy atom. The van der Waals surface area contributed by atoms with E-state index in [-0.39, 0.29) is 5.60 Å². The standard InChI is InChI=1S/C17H20N2O/c1-18-12-8-17(9-13-18)16(19-10-4-5-11-19)14-6-2-3-7-15(14)20-17/h2-7,10-11,16H,8-9,12-13H2,1H3/t16-/m0/s1. The van der Waals surface area contributed by atoms with Crippen molar-refractivity contribution in [3.8, 4) is 5.75 Å². The maximum Gasteiger partial charge on any atom is 0.136 e. The van der Waals surface area contributed by atoms with E-state index in [0.29, 0.717) is 6.04 Å². The Kier molecular flexibility index (Phi) is 2.64. The van der Waals surface area contributed by atoms with Crippen LogP contribution >= 0.6 is 0 Å². The van der Waals surface area contributed by atoms with Gasteiger partial charge in [-0.15, -0.1) is 0 Å². The van der Waals surface area contributed by atoms with E-state index in [2.05, 4.69) is 65.3 Å². The molecule has 0 saturated carbocycles. The Balaban J connectivity index is 1.80. The lowest BCUT2D eigenvalue weighted by atomic mass is 9.82. The molecule has 1 aromatic carbocycles. The van der Waals surface area contributed by atoms with E-state index in [9.17, 15) is 0 Å². The van der Waals surface area contributed by atoms with Crippen molar-refractivity contribution in [2.75, 3.05) is 20.1 Å². The lowest BCUT2D eigenvalue weighted by Crippen LogP contribution is -2.49. The van der Waals surface area contributed by atoms with Gasteiger partial charge in [-0.1, -0.05) is 18.2 Å². The molecule has 0 unspecified atom stereocenters. The molecular weight excluding hydrogens is 248 g/mol. The molecule has 1 spiro atoms. The number of fused-ring (bicyclic) bond motifs is 1. The molecule has 1 fully saturated rings. The van der Waals surface area contributed by atoms with Gasteiger partial charge in [-0.05, 0) is 25.2 Å². The number of likely N-dealkylation sites (tertiary alicyclic amines) is 1. The molecular formula is C17H20N2O. The number of hydrogen-bond donors (Lipinski definition) is 0. The van der Waals surface area contributed by atoms with Gasteiger partial charge in [0, 0.05) is 43.9 Å². The van der Waals surface area contributed by atoms with Gasteiger partial charge in [0.05, 0.1) is 0 Å². The van der Waals surface area contributed by atoms with Gasteiger partial charge in [0.2, 0.25) is 0 Å². The van der Waals surface area contributed by atoms with Crippen LogP contribution in [0.25, 0.3) is 0 Å². The second kappa shape index (κ2) is 4.38. The topological polar surface area (TPSA) is 17.4 Å². The third-order valence-corrected chi connectivity index (χ3v) is 4.78. The highest BCUT2D eigenvalue weighted by molar-refractivity contribution is 5.43. The molecule has 3 heterocycles. The number of piperidine rings is 1. The Morgan fingerprint density at radius 2 is 1.75 bits per heavy atom. The molecule has 1 aromatic heterocycles. The smallest absolute Gasteiger partial charge is 0.136 e. The number of ether oxygens (including phenoxy) is 1. The first kappa shape index (κ1) is 12.0. The minimum absolute atomic E-state index is 0.0742. The first-order valence-corrected chi connectivity index (χ1v) is 7.37. The number of rotatable bonds is 1. The molecule has 104 valence electrons. The van der Waals surface area contributed by atoms with Gasteiger partial charge in [-0.25, -0.2) is 0 Å². The molecule has 0 bridgehead atoms. The van der Waals surface area contributed by atoms with Gasteiger partial charge in [-0.3, -0.25) is 0 Å². The Morgan fingerprint density at radius 1 is 1.05 bits per heavy atom. The minimum Gasteiger partial charge on any atom is -0.484 e. The van der Waals surface area contributed by atoms with Gasteiger partial charge in [0.25, 0.3) is 0 Å². The third kappa shape index (κ3) is 1.70. The number of hydrogen-bond acceptors (Lipinski definition) is 2. The summed E-state index contributed by atoms with van der Waals surface area (Å²) in [5, 5.41) is 0. The summed E-state index contributed by atoms with van der Waals surface area (Å²) in [5.41, 5.74) is 1.25. The van der Waals surface area contributed by atoms with Crippen LogP contribution in [0.5, 0.6) is 5.75 Å². The van der Waals surface area contributed by atoms with E-state index in [1.165, 1.54) is 5.56 Å². The molecule has 20 heavy (non-hydrogen) atoms. The summed E-state index contributed by atoms with van der Waals surface area (Å²) in [6, 6.07) is 13.0. The van der Waals surface area contributed by atoms with Crippen molar-refractivity contribution in [1.29, 1.82) is 0 Å². The average Bonchev–Trinajstić information content (AvgIpc) is 3.07. The van der Waals surface area contributed by atoms with Crippen molar-refractivity contribution in [2.45, 2.75) is 24.5 Å². The second-order valence-electron chi connectivity index (χ2n) is 6.04. The molecule has 2 aromatic rings. The van der Waals surface area contributed by atoms with Crippen molar-refractivity contribution >= 4 is 0 Å². The second-order valence-corrected chi connectivity index (χ2v) is 6.04. The maximum atomic E-state index is 6.47. The van der Waals surface area contributed by atoms with E-state index in [0.717, 1.165) is 31.7 Å². The normalized spacial score (nSPS) is 24.6. The zero-order valence-electron chi connectivity index (χ0n) is 11.8. The van der Waals surface area contributed by atoms with E-state index in [4.69, 9.17) is 4.74 Å². The summed E-state index contributed by atoms with van der Waals surface area (Å²) in [6.07, 6.45) is 6.49. The average molecular weight is 268 g/mol. The first-order chi connectivity index (χ1) is 9.78. The summed E-state index contributed by atoms with van der Waals surface area (Å²) in [5.74, 6) is 1.07. The number of benzene rings is 1. The van der Waals surface area contributed by atoms with Gasteiger partial charge in [-0.2, -0.15) is 0 Å². The predicted octanol–water partition coefficient (Wildman–Crippen LogP) is 2.93. The monoisotopic (exact) mass is 268 g/mol. The van der Waals surface area contributed by atoms with Crippen molar-refractivity contribution in [3.05, 3.63) is 54.4 Å². The zero-order chi connectivity index (χ0) is 13.6. The highest BCUT2D eigenvalue weighted by Crippen LogP contribution is 2.50. The molecule has 2 aliphatic heterocycles. The van der Waals surface area contributed by atoms with Gasteiger partial charge in [0.1, 0.15) is 17.4 Å². The largest absolute Gasteiger partial charge is 0.484 e. The summed E-state index contributed by atoms with van der Waals surface area (Å²) in [7, 11) is 2.19. The summed E-state index contributed by atoms with van der Waals surface area (Å²) >= 11 is 0. The van der Waals surface area contributed by atoms with Crippen LogP contribution in [0.2, 0.25) is 0 Å². The Labute approximate surface area is 119 Å². The highest BCUT2D eigenvalue weighted by atomic mass is 16.5. The molecule has 0 aliphatic carbocycles. The molecule has 0 N–H and O–H groups in total. The molecule has 0 amide bonds. The van der Waals surface area contributed by atoms with Crippen molar-refractivity contribution in [3.63, 3.8) is 0 Å². The van der Waals surface area contributed by atoms with E-state index in [1.807, 2.05) is 0 Å². The van der Waals surface area contributed by atoms with Crippen molar-refractivity contribution < 1.29 is 4.74 Å². The fraction of sp³-hybridized carbons (Fsp3) is 0.412. The third-order valence-electron chi connectivity index (χ3n) is 4.78. The Bertz CT molecular complexity index is 597. The number of nitrogens with zero attached hydrogens (tertiary/aromatic N) is 2. The van der Waals surface area contributed by atoms with Crippen LogP contribution in [-0.4, -0.2) is 35.2 Å². The summed E-state index contributed by atoms with van der Waals surface area (Å²) in [6.45, 7) is 2.21. The van der Waals surface area contributed by atoms with Gasteiger partial charge in [0.15, 0.2) is 0 Å². The van der Waals surface area contributed by atoms with Gasteiger partial charge >= 0.3 is 0 Å². The lowest BCUT2D eigenvalue weighted by molar-refractivity contribution is -0.000792. The minimum atomic E-state index is -0.0742. The fourth-order valence-electron chi connectivity index (χ4n) is 3.68. The molecule has 1 atom stereocenters. The fourth-order valence-corrected chi connectivity index (χ4v) is 3.68. The van der Waals surface area contributed by atoms with Gasteiger partial charge < -0.3 is 14.2 Å². The van der Waals surface area contributed by atoms with Crippen LogP contribution in [0.3, 0.4) is 0 Å². The Hall–Kier alpha value is -1.74. The molecule has 1 saturated heterocycles. The van der Waals surface area contributed by atoms with Crippen LogP contribution in [0.1, 0.15) is 24.4 Å². The lowest BCUT2D eigenvalue weighted by Gasteiger charge is -2.41. The first-order valence-electron chi connectivity index (χ1n) is 7.37. The SMILES string of the molecule is CN1CCC2(CC1)Oc1ccccc1[C@@H]2n1cccc1. The zero-order valence-corrected chi connectivity index (χ0v) is 11.8. The molecule has 3 heteroatoms.